The van der Waals surface area contributed by atoms with E-state index in [-0.39, 0.29) is 11.3 Å². The summed E-state index contributed by atoms with van der Waals surface area (Å²) < 4.78 is 5.76. The average Bonchev–Trinajstić information content (AvgIpc) is 3.46. The summed E-state index contributed by atoms with van der Waals surface area (Å²) in [6, 6.07) is 12.1. The van der Waals surface area contributed by atoms with Crippen LogP contribution in [0.5, 0.6) is 0 Å². The first-order valence-corrected chi connectivity index (χ1v) is 10.3. The highest BCUT2D eigenvalue weighted by molar-refractivity contribution is 5.79. The minimum atomic E-state index is -0.195. The van der Waals surface area contributed by atoms with Crippen LogP contribution in [0, 0.1) is 12.8 Å². The average molecular weight is 391 g/mol. The second-order valence-electron chi connectivity index (χ2n) is 8.42. The number of carbonyl (C=O) groups excluding carboxylic acids is 1. The molecule has 0 spiro atoms. The van der Waals surface area contributed by atoms with Gasteiger partial charge in [0.15, 0.2) is 5.82 Å². The van der Waals surface area contributed by atoms with Crippen LogP contribution in [0.15, 0.2) is 40.9 Å². The summed E-state index contributed by atoms with van der Waals surface area (Å²) in [5.41, 5.74) is 2.73. The highest BCUT2D eigenvalue weighted by atomic mass is 16.5. The molecule has 150 valence electrons. The lowest BCUT2D eigenvalue weighted by Gasteiger charge is -2.24. The number of amides is 1. The van der Waals surface area contributed by atoms with E-state index < -0.39 is 0 Å². The molecular weight excluding hydrogens is 366 g/mol. The zero-order chi connectivity index (χ0) is 19.8. The van der Waals surface area contributed by atoms with E-state index in [9.17, 15) is 4.79 Å². The van der Waals surface area contributed by atoms with Gasteiger partial charge in [-0.2, -0.15) is 10.1 Å². The molecular formula is C22H25N5O2. The van der Waals surface area contributed by atoms with Crippen LogP contribution in [0.1, 0.15) is 47.9 Å². The Morgan fingerprint density at radius 3 is 3.00 bits per heavy atom. The first-order valence-electron chi connectivity index (χ1n) is 10.3. The van der Waals surface area contributed by atoms with E-state index in [2.05, 4.69) is 27.5 Å². The van der Waals surface area contributed by atoms with Gasteiger partial charge in [0.1, 0.15) is 0 Å². The zero-order valence-corrected chi connectivity index (χ0v) is 16.6. The minimum Gasteiger partial charge on any atom is -0.341 e. The second kappa shape index (κ2) is 7.13. The first-order chi connectivity index (χ1) is 14.1. The fraction of sp³-hybridized carbons (Fsp3) is 0.455. The lowest BCUT2D eigenvalue weighted by molar-refractivity contribution is -0.129. The van der Waals surface area contributed by atoms with Crippen molar-refractivity contribution in [1.82, 2.24) is 25.2 Å². The van der Waals surface area contributed by atoms with Crippen LogP contribution in [0.4, 0.5) is 0 Å². The molecule has 1 saturated carbocycles. The van der Waals surface area contributed by atoms with Gasteiger partial charge in [0.25, 0.3) is 0 Å². The van der Waals surface area contributed by atoms with Gasteiger partial charge >= 0.3 is 0 Å². The Morgan fingerprint density at radius 1 is 1.34 bits per heavy atom. The number of benzene rings is 1. The second-order valence-corrected chi connectivity index (χ2v) is 8.42. The third kappa shape index (κ3) is 3.34. The molecule has 0 radical (unpaired) electrons. The van der Waals surface area contributed by atoms with E-state index in [0.717, 1.165) is 42.8 Å². The van der Waals surface area contributed by atoms with E-state index in [0.29, 0.717) is 37.0 Å². The molecule has 2 fully saturated rings. The summed E-state index contributed by atoms with van der Waals surface area (Å²) in [6.45, 7) is 3.37. The molecule has 3 aromatic rings. The molecule has 2 aliphatic rings. The number of rotatable bonds is 5. The van der Waals surface area contributed by atoms with Gasteiger partial charge in [0.05, 0.1) is 17.5 Å². The Bertz CT molecular complexity index is 1010. The van der Waals surface area contributed by atoms with Crippen molar-refractivity contribution in [1.29, 1.82) is 0 Å². The van der Waals surface area contributed by atoms with Gasteiger partial charge in [-0.15, -0.1) is 0 Å². The molecule has 5 rings (SSSR count). The number of aromatic nitrogens is 4. The molecule has 0 unspecified atom stereocenters. The van der Waals surface area contributed by atoms with Crippen LogP contribution in [0.3, 0.4) is 0 Å². The number of hydrogen-bond acceptors (Lipinski definition) is 5. The Balaban J connectivity index is 1.33. The number of carbonyl (C=O) groups is 1. The van der Waals surface area contributed by atoms with Gasteiger partial charge < -0.3 is 9.42 Å². The Morgan fingerprint density at radius 2 is 2.21 bits per heavy atom. The van der Waals surface area contributed by atoms with Crippen molar-refractivity contribution in [2.75, 3.05) is 13.1 Å². The number of aromatic amines is 1. The molecule has 1 amide bonds. The van der Waals surface area contributed by atoms with Gasteiger partial charge in [0, 0.05) is 25.2 Å². The maximum atomic E-state index is 12.9. The maximum absolute atomic E-state index is 12.9. The molecule has 0 bridgehead atoms. The van der Waals surface area contributed by atoms with Crippen molar-refractivity contribution in [2.24, 2.45) is 5.92 Å². The number of hydrogen-bond donors (Lipinski definition) is 1. The predicted octanol–water partition coefficient (Wildman–Crippen LogP) is 2.81. The molecule has 2 atom stereocenters. The lowest BCUT2D eigenvalue weighted by Crippen LogP contribution is -2.35. The molecule has 1 aromatic carbocycles. The van der Waals surface area contributed by atoms with Crippen LogP contribution in [0.25, 0.3) is 0 Å². The summed E-state index contributed by atoms with van der Waals surface area (Å²) in [4.78, 5) is 19.6. The van der Waals surface area contributed by atoms with Gasteiger partial charge in [-0.1, -0.05) is 41.9 Å². The van der Waals surface area contributed by atoms with Crippen molar-refractivity contribution in [3.63, 3.8) is 0 Å². The van der Waals surface area contributed by atoms with E-state index in [4.69, 9.17) is 9.51 Å². The highest BCUT2D eigenvalue weighted by Gasteiger charge is 2.55. The van der Waals surface area contributed by atoms with Crippen molar-refractivity contribution in [2.45, 2.75) is 44.4 Å². The largest absolute Gasteiger partial charge is 0.341 e. The smallest absolute Gasteiger partial charge is 0.235 e. The van der Waals surface area contributed by atoms with Crippen LogP contribution < -0.4 is 0 Å². The normalized spacial score (nSPS) is 23.5. The van der Waals surface area contributed by atoms with Gasteiger partial charge in [0.2, 0.25) is 11.8 Å². The predicted molar refractivity (Wildman–Crippen MR) is 106 cm³/mol. The Hall–Kier alpha value is -2.96. The minimum absolute atomic E-state index is 0.120. The standard InChI is InChI=1S/C22H25N5O2/c1-15-10-18(25-24-15)12-20(28)27-13-17-8-5-9-22(17,14-27)21-23-19(26-29-21)11-16-6-3-2-4-7-16/h2-4,6-7,10,17H,5,8-9,11-14H2,1H3,(H,24,25)/t17-,22-/m1/s1. The third-order valence-electron chi connectivity index (χ3n) is 6.41. The zero-order valence-electron chi connectivity index (χ0n) is 16.6. The van der Waals surface area contributed by atoms with Gasteiger partial charge in [-0.05, 0) is 37.3 Å². The summed E-state index contributed by atoms with van der Waals surface area (Å²) in [6.07, 6.45) is 4.22. The number of nitrogens with zero attached hydrogens (tertiary/aromatic N) is 4. The van der Waals surface area contributed by atoms with Crippen molar-refractivity contribution in [3.8, 4) is 0 Å². The van der Waals surface area contributed by atoms with Crippen LogP contribution in [0.2, 0.25) is 0 Å². The third-order valence-corrected chi connectivity index (χ3v) is 6.41. The lowest BCUT2D eigenvalue weighted by atomic mass is 9.80. The molecule has 2 aromatic heterocycles. The SMILES string of the molecule is Cc1cc(CC(=O)N2C[C@H]3CCC[C@@]3(c3nc(Cc4ccccc4)no3)C2)n[nH]1. The molecule has 1 aliphatic heterocycles. The maximum Gasteiger partial charge on any atom is 0.235 e. The fourth-order valence-electron chi connectivity index (χ4n) is 4.97. The number of aryl methyl sites for hydroxylation is 1. The summed E-state index contributed by atoms with van der Waals surface area (Å²) in [5.74, 6) is 1.92. The van der Waals surface area contributed by atoms with E-state index in [1.165, 1.54) is 0 Å². The molecule has 7 heteroatoms. The monoisotopic (exact) mass is 391 g/mol. The Kier molecular flexibility index (Phi) is 4.45. The molecule has 3 heterocycles. The van der Waals surface area contributed by atoms with Crippen molar-refractivity contribution < 1.29 is 9.32 Å². The van der Waals surface area contributed by atoms with Crippen LogP contribution in [-0.4, -0.2) is 44.2 Å². The summed E-state index contributed by atoms with van der Waals surface area (Å²) in [7, 11) is 0. The van der Waals surface area contributed by atoms with E-state index in [1.54, 1.807) is 0 Å². The van der Waals surface area contributed by atoms with Crippen LogP contribution >= 0.6 is 0 Å². The summed E-state index contributed by atoms with van der Waals surface area (Å²) >= 11 is 0. The highest BCUT2D eigenvalue weighted by Crippen LogP contribution is 2.50. The van der Waals surface area contributed by atoms with Gasteiger partial charge in [-0.25, -0.2) is 0 Å². The number of H-pyrrole nitrogens is 1. The summed E-state index contributed by atoms with van der Waals surface area (Å²) in [5, 5.41) is 11.4. The molecule has 1 aliphatic carbocycles. The number of likely N-dealkylation sites (tertiary alicyclic amines) is 1. The topological polar surface area (TPSA) is 87.9 Å². The van der Waals surface area contributed by atoms with E-state index in [1.807, 2.05) is 36.1 Å². The van der Waals surface area contributed by atoms with Crippen molar-refractivity contribution >= 4 is 5.91 Å². The molecule has 1 saturated heterocycles. The number of nitrogens with one attached hydrogen (secondary N) is 1. The van der Waals surface area contributed by atoms with Gasteiger partial charge in [-0.3, -0.25) is 9.89 Å². The Labute approximate surface area is 169 Å². The van der Waals surface area contributed by atoms with Crippen LogP contribution in [-0.2, 0) is 23.1 Å². The first kappa shape index (κ1) is 18.1. The van der Waals surface area contributed by atoms with Crippen molar-refractivity contribution in [3.05, 3.63) is 65.1 Å². The van der Waals surface area contributed by atoms with E-state index >= 15 is 0 Å². The molecule has 7 nitrogen and oxygen atoms in total. The molecule has 29 heavy (non-hydrogen) atoms. The fourth-order valence-corrected chi connectivity index (χ4v) is 4.97. The quantitative estimate of drug-likeness (QED) is 0.723. The number of fused-ring (bicyclic) bond motifs is 1. The molecule has 1 N–H and O–H groups in total.